The lowest BCUT2D eigenvalue weighted by Crippen LogP contribution is -2.48. The molecule has 2 saturated heterocycles. The van der Waals surface area contributed by atoms with E-state index in [1.54, 1.807) is 23.1 Å². The third kappa shape index (κ3) is 3.83. The average Bonchev–Trinajstić information content (AvgIpc) is 3.05. The maximum atomic E-state index is 14.5. The average molecular weight is 386 g/mol. The van der Waals surface area contributed by atoms with Gasteiger partial charge in [0.15, 0.2) is 0 Å². The van der Waals surface area contributed by atoms with Gasteiger partial charge in [0.05, 0.1) is 6.04 Å². The molecule has 0 saturated carbocycles. The molecule has 1 N–H and O–H groups in total. The first-order valence-electron chi connectivity index (χ1n) is 9.26. The molecular formula is C21H20F2N2O3. The minimum atomic E-state index is -0.437. The standard InChI is InChI=1S/C21H20F2N2O3/c22-16-4-1-13(2-5-16)18-7-3-14(9-19(18)23)15-10-25(11-15)20(26)8-6-17-12-28-21(27)24-17/h1-5,7,9,15,17H,6,8,10-12H2,(H,24,27)/t17-/m0/s1. The number of alkyl carbamates (subject to hydrolysis) is 1. The molecule has 2 heterocycles. The van der Waals surface area contributed by atoms with Crippen LogP contribution in [-0.4, -0.2) is 42.6 Å². The van der Waals surface area contributed by atoms with Crippen LogP contribution in [0.3, 0.4) is 0 Å². The van der Waals surface area contributed by atoms with Gasteiger partial charge in [0, 0.05) is 31.0 Å². The smallest absolute Gasteiger partial charge is 0.407 e. The fourth-order valence-electron chi connectivity index (χ4n) is 3.58. The van der Waals surface area contributed by atoms with E-state index in [0.717, 1.165) is 5.56 Å². The lowest BCUT2D eigenvalue weighted by molar-refractivity contribution is -0.135. The number of nitrogens with zero attached hydrogens (tertiary/aromatic N) is 1. The topological polar surface area (TPSA) is 58.6 Å². The molecule has 4 rings (SSSR count). The van der Waals surface area contributed by atoms with Crippen molar-refractivity contribution in [3.63, 3.8) is 0 Å². The first kappa shape index (κ1) is 18.4. The molecule has 28 heavy (non-hydrogen) atoms. The van der Waals surface area contributed by atoms with Crippen LogP contribution in [0, 0.1) is 11.6 Å². The van der Waals surface area contributed by atoms with Crippen LogP contribution in [0.5, 0.6) is 0 Å². The van der Waals surface area contributed by atoms with Gasteiger partial charge >= 0.3 is 6.09 Å². The van der Waals surface area contributed by atoms with Crippen LogP contribution in [0.4, 0.5) is 13.6 Å². The lowest BCUT2D eigenvalue weighted by atomic mass is 9.89. The third-order valence-corrected chi connectivity index (χ3v) is 5.30. The third-order valence-electron chi connectivity index (χ3n) is 5.30. The van der Waals surface area contributed by atoms with Gasteiger partial charge in [-0.25, -0.2) is 13.6 Å². The fourth-order valence-corrected chi connectivity index (χ4v) is 3.58. The largest absolute Gasteiger partial charge is 0.447 e. The van der Waals surface area contributed by atoms with Crippen molar-refractivity contribution in [2.24, 2.45) is 0 Å². The minimum absolute atomic E-state index is 0.0285. The molecule has 2 aliphatic heterocycles. The summed E-state index contributed by atoms with van der Waals surface area (Å²) >= 11 is 0. The summed E-state index contributed by atoms with van der Waals surface area (Å²) in [5.41, 5.74) is 1.90. The molecular weight excluding hydrogens is 366 g/mol. The summed E-state index contributed by atoms with van der Waals surface area (Å²) in [6.07, 6.45) is 0.457. The highest BCUT2D eigenvalue weighted by Crippen LogP contribution is 2.31. The van der Waals surface area contributed by atoms with Gasteiger partial charge < -0.3 is 15.0 Å². The lowest BCUT2D eigenvalue weighted by Gasteiger charge is -2.40. The number of likely N-dealkylation sites (tertiary alicyclic amines) is 1. The summed E-state index contributed by atoms with van der Waals surface area (Å²) in [6.45, 7) is 1.41. The molecule has 5 nitrogen and oxygen atoms in total. The molecule has 0 aliphatic carbocycles. The number of nitrogens with one attached hydrogen (secondary N) is 1. The molecule has 0 bridgehead atoms. The number of hydrogen-bond donors (Lipinski definition) is 1. The van der Waals surface area contributed by atoms with Crippen molar-refractivity contribution in [2.75, 3.05) is 19.7 Å². The van der Waals surface area contributed by atoms with Gasteiger partial charge in [0.2, 0.25) is 5.91 Å². The van der Waals surface area contributed by atoms with Gasteiger partial charge in [-0.3, -0.25) is 4.79 Å². The summed E-state index contributed by atoms with van der Waals surface area (Å²) in [4.78, 5) is 25.0. The summed E-state index contributed by atoms with van der Waals surface area (Å²) in [5, 5.41) is 2.65. The van der Waals surface area contributed by atoms with Gasteiger partial charge in [-0.1, -0.05) is 24.3 Å². The van der Waals surface area contributed by atoms with Crippen LogP contribution in [0.25, 0.3) is 11.1 Å². The Bertz CT molecular complexity index is 895. The molecule has 2 fully saturated rings. The molecule has 7 heteroatoms. The van der Waals surface area contributed by atoms with Crippen LogP contribution in [0.15, 0.2) is 42.5 Å². The maximum Gasteiger partial charge on any atom is 0.407 e. The summed E-state index contributed by atoms with van der Waals surface area (Å²) < 4.78 is 32.4. The van der Waals surface area contributed by atoms with E-state index < -0.39 is 6.09 Å². The van der Waals surface area contributed by atoms with E-state index in [4.69, 9.17) is 4.74 Å². The summed E-state index contributed by atoms with van der Waals surface area (Å²) in [7, 11) is 0. The predicted octanol–water partition coefficient (Wildman–Crippen LogP) is 3.45. The first-order chi connectivity index (χ1) is 13.5. The van der Waals surface area contributed by atoms with Gasteiger partial charge in [-0.15, -0.1) is 0 Å². The van der Waals surface area contributed by atoms with E-state index in [1.165, 1.54) is 18.2 Å². The normalized spacial score (nSPS) is 19.1. The molecule has 2 aliphatic rings. The Labute approximate surface area is 161 Å². The zero-order chi connectivity index (χ0) is 19.7. The Morgan fingerprint density at radius 1 is 1.14 bits per heavy atom. The van der Waals surface area contributed by atoms with Gasteiger partial charge in [-0.2, -0.15) is 0 Å². The monoisotopic (exact) mass is 386 g/mol. The number of ether oxygens (including phenoxy) is 1. The van der Waals surface area contributed by atoms with E-state index in [1.807, 2.05) is 6.07 Å². The Balaban J connectivity index is 1.31. The zero-order valence-electron chi connectivity index (χ0n) is 15.2. The molecule has 0 spiro atoms. The molecule has 0 aromatic heterocycles. The van der Waals surface area contributed by atoms with E-state index in [2.05, 4.69) is 5.32 Å². The van der Waals surface area contributed by atoms with E-state index in [-0.39, 0.29) is 29.5 Å². The van der Waals surface area contributed by atoms with Gasteiger partial charge in [0.1, 0.15) is 18.2 Å². The Morgan fingerprint density at radius 3 is 2.54 bits per heavy atom. The number of carbonyl (C=O) groups excluding carboxylic acids is 2. The number of benzene rings is 2. The van der Waals surface area contributed by atoms with Crippen LogP contribution in [0.2, 0.25) is 0 Å². The second-order valence-corrected chi connectivity index (χ2v) is 7.22. The van der Waals surface area contributed by atoms with Gasteiger partial charge in [-0.05, 0) is 35.7 Å². The van der Waals surface area contributed by atoms with Crippen LogP contribution in [-0.2, 0) is 9.53 Å². The molecule has 146 valence electrons. The molecule has 2 aromatic rings. The Hall–Kier alpha value is -2.96. The number of cyclic esters (lactones) is 1. The zero-order valence-corrected chi connectivity index (χ0v) is 15.2. The summed E-state index contributed by atoms with van der Waals surface area (Å²) in [6, 6.07) is 10.7. The van der Waals surface area contributed by atoms with Crippen molar-refractivity contribution in [3.8, 4) is 11.1 Å². The van der Waals surface area contributed by atoms with E-state index in [9.17, 15) is 18.4 Å². The fraction of sp³-hybridized carbons (Fsp3) is 0.333. The highest BCUT2D eigenvalue weighted by atomic mass is 19.1. The van der Waals surface area contributed by atoms with Crippen molar-refractivity contribution >= 4 is 12.0 Å². The second-order valence-electron chi connectivity index (χ2n) is 7.22. The van der Waals surface area contributed by atoms with Crippen molar-refractivity contribution in [3.05, 3.63) is 59.7 Å². The highest BCUT2D eigenvalue weighted by Gasteiger charge is 2.32. The summed E-state index contributed by atoms with van der Waals surface area (Å²) in [5.74, 6) is -0.579. The molecule has 1 atom stereocenters. The van der Waals surface area contributed by atoms with E-state index >= 15 is 0 Å². The molecule has 2 amide bonds. The number of hydrogen-bond acceptors (Lipinski definition) is 3. The number of rotatable bonds is 5. The molecule has 0 radical (unpaired) electrons. The Morgan fingerprint density at radius 2 is 1.89 bits per heavy atom. The van der Waals surface area contributed by atoms with Crippen molar-refractivity contribution in [2.45, 2.75) is 24.8 Å². The highest BCUT2D eigenvalue weighted by molar-refractivity contribution is 5.77. The van der Waals surface area contributed by atoms with Crippen LogP contribution < -0.4 is 5.32 Å². The van der Waals surface area contributed by atoms with Gasteiger partial charge in [0.25, 0.3) is 0 Å². The minimum Gasteiger partial charge on any atom is -0.447 e. The van der Waals surface area contributed by atoms with Crippen molar-refractivity contribution < 1.29 is 23.1 Å². The maximum absolute atomic E-state index is 14.5. The number of carbonyl (C=O) groups is 2. The van der Waals surface area contributed by atoms with E-state index in [0.29, 0.717) is 43.7 Å². The van der Waals surface area contributed by atoms with Crippen LogP contribution >= 0.6 is 0 Å². The number of halogens is 2. The second kappa shape index (κ2) is 7.58. The Kier molecular flexibility index (Phi) is 4.98. The quantitative estimate of drug-likeness (QED) is 0.856. The SMILES string of the molecule is O=C1N[C@@H](CCC(=O)N2CC(c3ccc(-c4ccc(F)cc4)c(F)c3)C2)CO1. The van der Waals surface area contributed by atoms with Crippen LogP contribution in [0.1, 0.15) is 24.3 Å². The number of amides is 2. The molecule has 2 aromatic carbocycles. The van der Waals surface area contributed by atoms with Crippen molar-refractivity contribution in [1.29, 1.82) is 0 Å². The van der Waals surface area contributed by atoms with Crippen molar-refractivity contribution in [1.82, 2.24) is 10.2 Å². The molecule has 0 unspecified atom stereocenters. The predicted molar refractivity (Wildman–Crippen MR) is 98.6 cm³/mol. The first-order valence-corrected chi connectivity index (χ1v) is 9.26.